The topological polar surface area (TPSA) is 47.9 Å². The van der Waals surface area contributed by atoms with E-state index in [1.165, 1.54) is 0 Å². The fourth-order valence-corrected chi connectivity index (χ4v) is 1.61. The Hall–Kier alpha value is -1.10. The fraction of sp³-hybridized carbons (Fsp3) is 0.500. The van der Waals surface area contributed by atoms with Gasteiger partial charge in [0, 0.05) is 0 Å². The van der Waals surface area contributed by atoms with E-state index in [-0.39, 0.29) is 6.10 Å². The molecule has 0 aromatic heterocycles. The first kappa shape index (κ1) is 11.4. The van der Waals surface area contributed by atoms with E-state index in [9.17, 15) is 5.11 Å². The van der Waals surface area contributed by atoms with Crippen molar-refractivity contribution in [1.82, 2.24) is 0 Å². The van der Waals surface area contributed by atoms with E-state index in [4.69, 9.17) is 14.2 Å². The van der Waals surface area contributed by atoms with Crippen LogP contribution in [0.1, 0.15) is 5.56 Å². The molecule has 0 spiro atoms. The number of ether oxygens (including phenoxy) is 3. The minimum Gasteiger partial charge on any atom is -0.497 e. The van der Waals surface area contributed by atoms with E-state index in [2.05, 4.69) is 0 Å². The second-order valence-electron chi connectivity index (χ2n) is 3.80. The van der Waals surface area contributed by atoms with Crippen LogP contribution in [0, 0.1) is 0 Å². The molecular formula is C12H16O4. The standard InChI is InChI=1S/C12H16O4/c1-14-10-4-2-9(3-5-10)6-16-12-8-15-7-11(12)13/h2-5,11-13H,6-8H2,1H3/t11-,12?/m1/s1. The lowest BCUT2D eigenvalue weighted by molar-refractivity contribution is -0.0188. The predicted octanol–water partition coefficient (Wildman–Crippen LogP) is 0.972. The van der Waals surface area contributed by atoms with E-state index in [1.807, 2.05) is 24.3 Å². The van der Waals surface area contributed by atoms with E-state index in [0.717, 1.165) is 11.3 Å². The number of hydrogen-bond acceptors (Lipinski definition) is 4. The van der Waals surface area contributed by atoms with Gasteiger partial charge in [0.25, 0.3) is 0 Å². The number of aliphatic hydroxyl groups excluding tert-OH is 1. The van der Waals surface area contributed by atoms with Gasteiger partial charge in [-0.2, -0.15) is 0 Å². The van der Waals surface area contributed by atoms with Gasteiger partial charge < -0.3 is 19.3 Å². The van der Waals surface area contributed by atoms with E-state index < -0.39 is 6.10 Å². The molecule has 0 amide bonds. The number of hydrogen-bond donors (Lipinski definition) is 1. The summed E-state index contributed by atoms with van der Waals surface area (Å²) in [7, 11) is 1.64. The summed E-state index contributed by atoms with van der Waals surface area (Å²) in [5.74, 6) is 0.827. The van der Waals surface area contributed by atoms with Gasteiger partial charge in [-0.3, -0.25) is 0 Å². The van der Waals surface area contributed by atoms with Gasteiger partial charge in [0.05, 0.1) is 26.9 Å². The highest BCUT2D eigenvalue weighted by atomic mass is 16.6. The summed E-state index contributed by atoms with van der Waals surface area (Å²) in [5, 5.41) is 9.48. The molecule has 1 aromatic carbocycles. The minimum absolute atomic E-state index is 0.206. The molecule has 1 saturated heterocycles. The molecule has 0 bridgehead atoms. The van der Waals surface area contributed by atoms with Gasteiger partial charge in [0.15, 0.2) is 0 Å². The third kappa shape index (κ3) is 2.72. The van der Waals surface area contributed by atoms with Gasteiger partial charge >= 0.3 is 0 Å². The summed E-state index contributed by atoms with van der Waals surface area (Å²) in [6.45, 7) is 1.32. The zero-order valence-corrected chi connectivity index (χ0v) is 9.26. The number of methoxy groups -OCH3 is 1. The van der Waals surface area contributed by atoms with Crippen LogP contribution in [0.4, 0.5) is 0 Å². The molecule has 1 fully saturated rings. The van der Waals surface area contributed by atoms with Crippen LogP contribution in [0.25, 0.3) is 0 Å². The van der Waals surface area contributed by atoms with Crippen LogP contribution in [-0.2, 0) is 16.1 Å². The molecular weight excluding hydrogens is 208 g/mol. The SMILES string of the molecule is COc1ccc(COC2COC[C@H]2O)cc1. The van der Waals surface area contributed by atoms with Crippen LogP contribution < -0.4 is 4.74 Å². The molecule has 16 heavy (non-hydrogen) atoms. The summed E-state index contributed by atoms with van der Waals surface area (Å²) < 4.78 is 15.7. The maximum absolute atomic E-state index is 9.48. The first-order valence-corrected chi connectivity index (χ1v) is 5.30. The normalized spacial score (nSPS) is 24.6. The van der Waals surface area contributed by atoms with Gasteiger partial charge in [0.1, 0.15) is 18.0 Å². The average Bonchev–Trinajstić information content (AvgIpc) is 2.73. The van der Waals surface area contributed by atoms with Crippen molar-refractivity contribution in [3.05, 3.63) is 29.8 Å². The van der Waals surface area contributed by atoms with Crippen LogP contribution >= 0.6 is 0 Å². The van der Waals surface area contributed by atoms with Gasteiger partial charge in [-0.05, 0) is 17.7 Å². The van der Waals surface area contributed by atoms with Crippen LogP contribution in [0.15, 0.2) is 24.3 Å². The summed E-state index contributed by atoms with van der Waals surface area (Å²) in [6.07, 6.45) is -0.708. The average molecular weight is 224 g/mol. The zero-order chi connectivity index (χ0) is 11.4. The molecule has 4 nitrogen and oxygen atoms in total. The molecule has 4 heteroatoms. The first-order valence-electron chi connectivity index (χ1n) is 5.30. The number of benzene rings is 1. The smallest absolute Gasteiger partial charge is 0.118 e. The van der Waals surface area contributed by atoms with Crippen molar-refractivity contribution in [2.24, 2.45) is 0 Å². The largest absolute Gasteiger partial charge is 0.497 e. The van der Waals surface area contributed by atoms with Crippen LogP contribution in [0.2, 0.25) is 0 Å². The molecule has 1 unspecified atom stereocenters. The Labute approximate surface area is 94.8 Å². The molecule has 0 aliphatic carbocycles. The lowest BCUT2D eigenvalue weighted by atomic mass is 10.2. The Balaban J connectivity index is 1.84. The van der Waals surface area contributed by atoms with Gasteiger partial charge in [-0.25, -0.2) is 0 Å². The summed E-state index contributed by atoms with van der Waals surface area (Å²) >= 11 is 0. The molecule has 1 heterocycles. The van der Waals surface area contributed by atoms with Crippen molar-refractivity contribution >= 4 is 0 Å². The van der Waals surface area contributed by atoms with E-state index in [0.29, 0.717) is 19.8 Å². The van der Waals surface area contributed by atoms with E-state index >= 15 is 0 Å². The second-order valence-corrected chi connectivity index (χ2v) is 3.80. The molecule has 1 aromatic rings. The van der Waals surface area contributed by atoms with Crippen molar-refractivity contribution < 1.29 is 19.3 Å². The van der Waals surface area contributed by atoms with Crippen LogP contribution in [-0.4, -0.2) is 37.6 Å². The lowest BCUT2D eigenvalue weighted by Gasteiger charge is -2.13. The highest BCUT2D eigenvalue weighted by Gasteiger charge is 2.26. The Morgan fingerprint density at radius 2 is 2.06 bits per heavy atom. The first-order chi connectivity index (χ1) is 7.79. The van der Waals surface area contributed by atoms with Gasteiger partial charge in [-0.15, -0.1) is 0 Å². The lowest BCUT2D eigenvalue weighted by Crippen LogP contribution is -2.26. The molecule has 1 aliphatic rings. The highest BCUT2D eigenvalue weighted by molar-refractivity contribution is 5.26. The third-order valence-corrected chi connectivity index (χ3v) is 2.62. The summed E-state index contributed by atoms with van der Waals surface area (Å²) in [6, 6.07) is 7.67. The molecule has 88 valence electrons. The van der Waals surface area contributed by atoms with Crippen molar-refractivity contribution in [2.45, 2.75) is 18.8 Å². The van der Waals surface area contributed by atoms with Crippen LogP contribution in [0.3, 0.4) is 0 Å². The molecule has 2 rings (SSSR count). The maximum atomic E-state index is 9.48. The Morgan fingerprint density at radius 3 is 2.62 bits per heavy atom. The molecule has 2 atom stereocenters. The monoisotopic (exact) mass is 224 g/mol. The fourth-order valence-electron chi connectivity index (χ4n) is 1.61. The highest BCUT2D eigenvalue weighted by Crippen LogP contribution is 2.15. The molecule has 0 saturated carbocycles. The van der Waals surface area contributed by atoms with Crippen molar-refractivity contribution in [2.75, 3.05) is 20.3 Å². The molecule has 1 aliphatic heterocycles. The summed E-state index contributed by atoms with van der Waals surface area (Å²) in [4.78, 5) is 0. The number of rotatable bonds is 4. The van der Waals surface area contributed by atoms with Gasteiger partial charge in [0.2, 0.25) is 0 Å². The predicted molar refractivity (Wildman–Crippen MR) is 58.4 cm³/mol. The Kier molecular flexibility index (Phi) is 3.77. The number of aliphatic hydroxyl groups is 1. The Morgan fingerprint density at radius 1 is 1.31 bits per heavy atom. The third-order valence-electron chi connectivity index (χ3n) is 2.62. The van der Waals surface area contributed by atoms with E-state index in [1.54, 1.807) is 7.11 Å². The summed E-state index contributed by atoms with van der Waals surface area (Å²) in [5.41, 5.74) is 1.06. The quantitative estimate of drug-likeness (QED) is 0.828. The van der Waals surface area contributed by atoms with Gasteiger partial charge in [-0.1, -0.05) is 12.1 Å². The van der Waals surface area contributed by atoms with Crippen molar-refractivity contribution in [3.8, 4) is 5.75 Å². The van der Waals surface area contributed by atoms with Crippen molar-refractivity contribution in [1.29, 1.82) is 0 Å². The Bertz CT molecular complexity index is 322. The maximum Gasteiger partial charge on any atom is 0.118 e. The molecule has 1 N–H and O–H groups in total. The van der Waals surface area contributed by atoms with Crippen LogP contribution in [0.5, 0.6) is 5.75 Å². The minimum atomic E-state index is -0.502. The zero-order valence-electron chi connectivity index (χ0n) is 9.26. The molecule has 0 radical (unpaired) electrons. The van der Waals surface area contributed by atoms with Crippen molar-refractivity contribution in [3.63, 3.8) is 0 Å². The second kappa shape index (κ2) is 5.30.